The lowest BCUT2D eigenvalue weighted by Gasteiger charge is -2.19. The quantitative estimate of drug-likeness (QED) is 0.801. The molecule has 0 aliphatic heterocycles. The zero-order valence-electron chi connectivity index (χ0n) is 13.7. The summed E-state index contributed by atoms with van der Waals surface area (Å²) in [5.74, 6) is 0.639. The Kier molecular flexibility index (Phi) is 7.18. The van der Waals surface area contributed by atoms with E-state index in [1.54, 1.807) is 6.20 Å². The van der Waals surface area contributed by atoms with Crippen LogP contribution in [0, 0.1) is 5.92 Å². The highest BCUT2D eigenvalue weighted by molar-refractivity contribution is 6.32. The van der Waals surface area contributed by atoms with Crippen molar-refractivity contribution in [2.75, 3.05) is 26.0 Å². The molecule has 1 aromatic rings. The first-order chi connectivity index (χ1) is 9.85. The molecule has 0 fully saturated rings. The Morgan fingerprint density at radius 1 is 1.43 bits per heavy atom. The number of likely N-dealkylation sites (N-methyl/N-ethyl adjacent to an activating group) is 1. The Labute approximate surface area is 132 Å². The molecular weight excluding hydrogens is 288 g/mol. The maximum atomic E-state index is 12.2. The number of hydrogen-bond donors (Lipinski definition) is 1. The lowest BCUT2D eigenvalue weighted by molar-refractivity contribution is 0.367. The summed E-state index contributed by atoms with van der Waals surface area (Å²) in [5.41, 5.74) is 0.387. The van der Waals surface area contributed by atoms with Gasteiger partial charge in [-0.15, -0.1) is 0 Å². The van der Waals surface area contributed by atoms with Gasteiger partial charge in [0.15, 0.2) is 0 Å². The van der Waals surface area contributed by atoms with Crippen LogP contribution < -0.4 is 10.9 Å². The number of nitrogens with one attached hydrogen (secondary N) is 1. The predicted molar refractivity (Wildman–Crippen MR) is 89.2 cm³/mol. The highest BCUT2D eigenvalue weighted by Crippen LogP contribution is 2.19. The van der Waals surface area contributed by atoms with Gasteiger partial charge < -0.3 is 10.2 Å². The van der Waals surface area contributed by atoms with Gasteiger partial charge in [-0.25, -0.2) is 4.68 Å². The number of halogens is 1. The van der Waals surface area contributed by atoms with Crippen molar-refractivity contribution in [1.82, 2.24) is 14.7 Å². The van der Waals surface area contributed by atoms with Crippen LogP contribution in [0.1, 0.15) is 33.6 Å². The molecule has 0 saturated carbocycles. The Hall–Kier alpha value is -1.07. The van der Waals surface area contributed by atoms with Crippen LogP contribution in [-0.2, 0) is 6.54 Å². The molecule has 0 aliphatic carbocycles. The van der Waals surface area contributed by atoms with E-state index in [4.69, 9.17) is 11.6 Å². The third-order valence-electron chi connectivity index (χ3n) is 3.60. The molecule has 1 rings (SSSR count). The van der Waals surface area contributed by atoms with Gasteiger partial charge in [0, 0.05) is 12.6 Å². The molecule has 120 valence electrons. The van der Waals surface area contributed by atoms with Crippen LogP contribution in [-0.4, -0.2) is 41.4 Å². The average Bonchev–Trinajstić information content (AvgIpc) is 2.42. The van der Waals surface area contributed by atoms with Crippen molar-refractivity contribution >= 4 is 17.3 Å². The van der Waals surface area contributed by atoms with E-state index in [0.717, 1.165) is 19.4 Å². The van der Waals surface area contributed by atoms with Crippen LogP contribution in [0.3, 0.4) is 0 Å². The molecule has 5 nitrogen and oxygen atoms in total. The zero-order valence-corrected chi connectivity index (χ0v) is 14.4. The van der Waals surface area contributed by atoms with Gasteiger partial charge in [-0.2, -0.15) is 5.10 Å². The van der Waals surface area contributed by atoms with Gasteiger partial charge in [-0.3, -0.25) is 4.79 Å². The maximum absolute atomic E-state index is 12.2. The molecular formula is C15H27ClN4O. The van der Waals surface area contributed by atoms with Gasteiger partial charge in [0.25, 0.3) is 5.56 Å². The van der Waals surface area contributed by atoms with Crippen molar-refractivity contribution in [2.24, 2.45) is 5.92 Å². The molecule has 0 radical (unpaired) electrons. The minimum atomic E-state index is -0.237. The predicted octanol–water partition coefficient (Wildman–Crippen LogP) is 2.69. The van der Waals surface area contributed by atoms with Crippen LogP contribution >= 0.6 is 11.6 Å². The monoisotopic (exact) mass is 314 g/mol. The van der Waals surface area contributed by atoms with Crippen LogP contribution in [0.2, 0.25) is 5.02 Å². The lowest BCUT2D eigenvalue weighted by atomic mass is 10.0. The summed E-state index contributed by atoms with van der Waals surface area (Å²) < 4.78 is 1.41. The molecule has 0 bridgehead atoms. The Bertz CT molecular complexity index is 501. The smallest absolute Gasteiger partial charge is 0.287 e. The minimum absolute atomic E-state index is 0.222. The summed E-state index contributed by atoms with van der Waals surface area (Å²) >= 11 is 6.18. The third kappa shape index (κ3) is 5.67. The van der Waals surface area contributed by atoms with E-state index in [0.29, 0.717) is 18.2 Å². The molecule has 0 aromatic carbocycles. The number of anilines is 1. The van der Waals surface area contributed by atoms with Crippen LogP contribution in [0.25, 0.3) is 0 Å². The van der Waals surface area contributed by atoms with E-state index in [1.807, 2.05) is 19.0 Å². The first kappa shape index (κ1) is 18.0. The standard InChI is InChI=1S/C15H27ClN4O/c1-6-11(2)9-12(3)18-13-10-17-20(8-7-19(4)5)15(21)14(13)16/h10-12,18H,6-9H2,1-5H3. The Morgan fingerprint density at radius 2 is 2.10 bits per heavy atom. The van der Waals surface area contributed by atoms with Crippen molar-refractivity contribution in [3.8, 4) is 0 Å². The molecule has 1 aromatic heterocycles. The van der Waals surface area contributed by atoms with Gasteiger partial charge in [0.1, 0.15) is 5.02 Å². The number of nitrogens with zero attached hydrogens (tertiary/aromatic N) is 3. The van der Waals surface area contributed by atoms with E-state index in [1.165, 1.54) is 4.68 Å². The summed E-state index contributed by atoms with van der Waals surface area (Å²) in [5, 5.41) is 7.71. The van der Waals surface area contributed by atoms with Crippen molar-refractivity contribution in [1.29, 1.82) is 0 Å². The second-order valence-electron chi connectivity index (χ2n) is 6.00. The lowest BCUT2D eigenvalue weighted by Crippen LogP contribution is -2.30. The Morgan fingerprint density at radius 3 is 2.67 bits per heavy atom. The number of hydrogen-bond acceptors (Lipinski definition) is 4. The van der Waals surface area contributed by atoms with Gasteiger partial charge in [0.05, 0.1) is 18.4 Å². The van der Waals surface area contributed by atoms with E-state index in [9.17, 15) is 4.79 Å². The molecule has 6 heteroatoms. The first-order valence-electron chi connectivity index (χ1n) is 7.52. The van der Waals surface area contributed by atoms with Crippen LogP contribution in [0.15, 0.2) is 11.0 Å². The SMILES string of the molecule is CCC(C)CC(C)Nc1cnn(CCN(C)C)c(=O)c1Cl. The van der Waals surface area contributed by atoms with E-state index in [2.05, 4.69) is 31.2 Å². The first-order valence-corrected chi connectivity index (χ1v) is 7.89. The highest BCUT2D eigenvalue weighted by Gasteiger charge is 2.13. The number of aromatic nitrogens is 2. The molecule has 1 heterocycles. The summed E-state index contributed by atoms with van der Waals surface area (Å²) in [6.45, 7) is 7.78. The summed E-state index contributed by atoms with van der Waals surface area (Å²) in [6.07, 6.45) is 3.83. The topological polar surface area (TPSA) is 50.2 Å². The summed E-state index contributed by atoms with van der Waals surface area (Å²) in [7, 11) is 3.91. The average molecular weight is 315 g/mol. The molecule has 0 aliphatic rings. The van der Waals surface area contributed by atoms with Gasteiger partial charge >= 0.3 is 0 Å². The zero-order chi connectivity index (χ0) is 16.0. The molecule has 2 unspecified atom stereocenters. The Balaban J connectivity index is 2.77. The fourth-order valence-corrected chi connectivity index (χ4v) is 2.32. The largest absolute Gasteiger partial charge is 0.380 e. The van der Waals surface area contributed by atoms with Crippen LogP contribution in [0.4, 0.5) is 5.69 Å². The molecule has 1 N–H and O–H groups in total. The van der Waals surface area contributed by atoms with E-state index >= 15 is 0 Å². The third-order valence-corrected chi connectivity index (χ3v) is 3.96. The van der Waals surface area contributed by atoms with Crippen LogP contribution in [0.5, 0.6) is 0 Å². The molecule has 0 saturated heterocycles. The maximum Gasteiger partial charge on any atom is 0.287 e. The fourth-order valence-electron chi connectivity index (χ4n) is 2.11. The van der Waals surface area contributed by atoms with Gasteiger partial charge in [-0.05, 0) is 33.4 Å². The second-order valence-corrected chi connectivity index (χ2v) is 6.38. The van der Waals surface area contributed by atoms with Gasteiger partial charge in [0.2, 0.25) is 0 Å². The van der Waals surface area contributed by atoms with Gasteiger partial charge in [-0.1, -0.05) is 31.9 Å². The molecule has 21 heavy (non-hydrogen) atoms. The van der Waals surface area contributed by atoms with Crippen molar-refractivity contribution in [3.63, 3.8) is 0 Å². The van der Waals surface area contributed by atoms with Crippen molar-refractivity contribution in [3.05, 3.63) is 21.6 Å². The van der Waals surface area contributed by atoms with Crippen molar-refractivity contribution in [2.45, 2.75) is 46.2 Å². The molecule has 0 spiro atoms. The molecule has 0 amide bonds. The second kappa shape index (κ2) is 8.39. The number of rotatable bonds is 8. The molecule has 2 atom stereocenters. The summed E-state index contributed by atoms with van der Waals surface area (Å²) in [6, 6.07) is 0.260. The van der Waals surface area contributed by atoms with E-state index in [-0.39, 0.29) is 16.6 Å². The van der Waals surface area contributed by atoms with E-state index < -0.39 is 0 Å². The minimum Gasteiger partial charge on any atom is -0.380 e. The highest BCUT2D eigenvalue weighted by atomic mass is 35.5. The summed E-state index contributed by atoms with van der Waals surface area (Å²) in [4.78, 5) is 14.2. The van der Waals surface area contributed by atoms with Crippen molar-refractivity contribution < 1.29 is 0 Å². The normalized spacial score (nSPS) is 14.2. The fraction of sp³-hybridized carbons (Fsp3) is 0.733.